The summed E-state index contributed by atoms with van der Waals surface area (Å²) in [4.78, 5) is 30.3. The molecule has 0 bridgehead atoms. The fraction of sp³-hybridized carbons (Fsp3) is 0.619. The number of ether oxygens (including phenoxy) is 2. The summed E-state index contributed by atoms with van der Waals surface area (Å²) in [6, 6.07) is 6.05. The molecule has 28 heavy (non-hydrogen) atoms. The Morgan fingerprint density at radius 3 is 2.50 bits per heavy atom. The third-order valence-corrected chi connectivity index (χ3v) is 5.19. The molecule has 1 saturated heterocycles. The molecule has 0 spiro atoms. The Morgan fingerprint density at radius 1 is 1.11 bits per heavy atom. The minimum Gasteiger partial charge on any atom is -0.454 e. The van der Waals surface area contributed by atoms with Gasteiger partial charge in [0.2, 0.25) is 18.6 Å². The van der Waals surface area contributed by atoms with E-state index in [0.29, 0.717) is 25.4 Å². The lowest BCUT2D eigenvalue weighted by Crippen LogP contribution is -2.49. The normalized spacial score (nSPS) is 16.5. The van der Waals surface area contributed by atoms with Crippen LogP contribution in [0.25, 0.3) is 0 Å². The van der Waals surface area contributed by atoms with E-state index in [0.717, 1.165) is 44.2 Å². The number of carbonyl (C=O) groups excluding carboxylic acids is 2. The van der Waals surface area contributed by atoms with Gasteiger partial charge in [0, 0.05) is 59.2 Å². The highest BCUT2D eigenvalue weighted by atomic mass is 16.7. The van der Waals surface area contributed by atoms with Crippen molar-refractivity contribution in [3.63, 3.8) is 0 Å². The second kappa shape index (κ2) is 9.28. The highest BCUT2D eigenvalue weighted by Gasteiger charge is 2.23. The number of nitrogens with zero attached hydrogens (tertiary/aromatic N) is 3. The zero-order valence-corrected chi connectivity index (χ0v) is 17.1. The molecule has 0 aromatic heterocycles. The van der Waals surface area contributed by atoms with Crippen LogP contribution >= 0.6 is 0 Å². The van der Waals surface area contributed by atoms with Gasteiger partial charge in [0.1, 0.15) is 0 Å². The molecule has 1 fully saturated rings. The molecule has 0 radical (unpaired) electrons. The van der Waals surface area contributed by atoms with Crippen molar-refractivity contribution >= 4 is 11.8 Å². The molecule has 2 amide bonds. The van der Waals surface area contributed by atoms with Gasteiger partial charge in [-0.2, -0.15) is 0 Å². The molecule has 0 saturated carbocycles. The number of piperazine rings is 1. The van der Waals surface area contributed by atoms with Crippen LogP contribution in [0.3, 0.4) is 0 Å². The molecule has 7 heteroatoms. The Bertz CT molecular complexity index is 699. The molecule has 1 aromatic carbocycles. The number of benzene rings is 1. The van der Waals surface area contributed by atoms with Crippen molar-refractivity contribution < 1.29 is 19.1 Å². The zero-order chi connectivity index (χ0) is 20.1. The van der Waals surface area contributed by atoms with Crippen molar-refractivity contribution in [3.8, 4) is 11.5 Å². The van der Waals surface area contributed by atoms with E-state index in [1.807, 2.05) is 17.0 Å². The van der Waals surface area contributed by atoms with Crippen molar-refractivity contribution in [2.75, 3.05) is 46.1 Å². The lowest BCUT2D eigenvalue weighted by Gasteiger charge is -2.35. The first-order valence-corrected chi connectivity index (χ1v) is 10.1. The Kier molecular flexibility index (Phi) is 6.78. The van der Waals surface area contributed by atoms with Gasteiger partial charge in [-0.25, -0.2) is 0 Å². The largest absolute Gasteiger partial charge is 0.454 e. The van der Waals surface area contributed by atoms with E-state index < -0.39 is 0 Å². The lowest BCUT2D eigenvalue weighted by atomic mass is 10.1. The van der Waals surface area contributed by atoms with Crippen LogP contribution in [0.1, 0.15) is 32.8 Å². The van der Waals surface area contributed by atoms with Crippen LogP contribution in [-0.2, 0) is 16.1 Å². The molecular formula is C21H31N3O4. The maximum absolute atomic E-state index is 12.5. The van der Waals surface area contributed by atoms with Crippen LogP contribution in [0.2, 0.25) is 0 Å². The van der Waals surface area contributed by atoms with E-state index in [-0.39, 0.29) is 18.6 Å². The highest BCUT2D eigenvalue weighted by molar-refractivity contribution is 5.78. The molecule has 2 heterocycles. The van der Waals surface area contributed by atoms with Crippen LogP contribution < -0.4 is 9.47 Å². The van der Waals surface area contributed by atoms with Gasteiger partial charge in [0.05, 0.1) is 0 Å². The average molecular weight is 389 g/mol. The minimum atomic E-state index is 0.0371. The van der Waals surface area contributed by atoms with Crippen LogP contribution in [0, 0.1) is 5.92 Å². The molecule has 0 aliphatic carbocycles. The van der Waals surface area contributed by atoms with Gasteiger partial charge in [-0.1, -0.05) is 19.9 Å². The van der Waals surface area contributed by atoms with Gasteiger partial charge in [-0.05, 0) is 23.6 Å². The molecule has 2 aliphatic heterocycles. The van der Waals surface area contributed by atoms with Crippen LogP contribution in [-0.4, -0.2) is 72.6 Å². The summed E-state index contributed by atoms with van der Waals surface area (Å²) in [7, 11) is 0. The number of hydrogen-bond acceptors (Lipinski definition) is 5. The van der Waals surface area contributed by atoms with Gasteiger partial charge >= 0.3 is 0 Å². The van der Waals surface area contributed by atoms with Crippen molar-refractivity contribution in [2.45, 2.75) is 33.7 Å². The molecule has 1 aromatic rings. The monoisotopic (exact) mass is 389 g/mol. The summed E-state index contributed by atoms with van der Waals surface area (Å²) in [6.07, 6.45) is 0.397. The zero-order valence-electron chi connectivity index (χ0n) is 17.1. The summed E-state index contributed by atoms with van der Waals surface area (Å²) < 4.78 is 10.8. The Morgan fingerprint density at radius 2 is 1.82 bits per heavy atom. The maximum atomic E-state index is 12.5. The van der Waals surface area contributed by atoms with Gasteiger partial charge < -0.3 is 19.3 Å². The summed E-state index contributed by atoms with van der Waals surface area (Å²) >= 11 is 0. The molecular weight excluding hydrogens is 358 g/mol. The first-order valence-electron chi connectivity index (χ1n) is 10.1. The van der Waals surface area contributed by atoms with Crippen molar-refractivity contribution in [1.82, 2.24) is 14.7 Å². The summed E-state index contributed by atoms with van der Waals surface area (Å²) in [5.74, 6) is 2.19. The minimum absolute atomic E-state index is 0.0371. The fourth-order valence-corrected chi connectivity index (χ4v) is 3.66. The van der Waals surface area contributed by atoms with Gasteiger partial charge in [-0.15, -0.1) is 0 Å². The van der Waals surface area contributed by atoms with Gasteiger partial charge in [0.15, 0.2) is 11.5 Å². The number of rotatable bonds is 7. The molecule has 7 nitrogen and oxygen atoms in total. The second-order valence-corrected chi connectivity index (χ2v) is 7.95. The highest BCUT2D eigenvalue weighted by Crippen LogP contribution is 2.32. The standard InChI is InChI=1S/C21H31N3O4/c1-16(2)13-24(17(3)25)7-6-21(26)23-10-8-22(9-11-23)14-18-4-5-19-20(12-18)28-15-27-19/h4-5,12,16H,6-11,13-15H2,1-3H3. The number of amides is 2. The summed E-state index contributed by atoms with van der Waals surface area (Å²) in [6.45, 7) is 11.2. The van der Waals surface area contributed by atoms with E-state index in [9.17, 15) is 9.59 Å². The quantitative estimate of drug-likeness (QED) is 0.713. The Hall–Kier alpha value is -2.28. The first kappa shape index (κ1) is 20.5. The van der Waals surface area contributed by atoms with Crippen LogP contribution in [0.4, 0.5) is 0 Å². The van der Waals surface area contributed by atoms with E-state index >= 15 is 0 Å². The van der Waals surface area contributed by atoms with Crippen molar-refractivity contribution in [1.29, 1.82) is 0 Å². The molecule has 3 rings (SSSR count). The number of fused-ring (bicyclic) bond motifs is 1. The third-order valence-electron chi connectivity index (χ3n) is 5.19. The van der Waals surface area contributed by atoms with E-state index in [2.05, 4.69) is 24.8 Å². The first-order chi connectivity index (χ1) is 13.4. The topological polar surface area (TPSA) is 62.3 Å². The van der Waals surface area contributed by atoms with Crippen molar-refractivity contribution in [2.24, 2.45) is 5.92 Å². The van der Waals surface area contributed by atoms with E-state index in [1.54, 1.807) is 11.8 Å². The smallest absolute Gasteiger partial charge is 0.231 e. The molecule has 2 aliphatic rings. The predicted molar refractivity (Wildman–Crippen MR) is 106 cm³/mol. The van der Waals surface area contributed by atoms with E-state index in [1.165, 1.54) is 5.56 Å². The third kappa shape index (κ3) is 5.38. The Balaban J connectivity index is 1.43. The van der Waals surface area contributed by atoms with Gasteiger partial charge in [-0.3, -0.25) is 14.5 Å². The second-order valence-electron chi connectivity index (χ2n) is 7.95. The SMILES string of the molecule is CC(=O)N(CCC(=O)N1CCN(Cc2ccc3c(c2)OCO3)CC1)CC(C)C. The summed E-state index contributed by atoms with van der Waals surface area (Å²) in [5.41, 5.74) is 1.19. The lowest BCUT2D eigenvalue weighted by molar-refractivity contribution is -0.135. The number of carbonyl (C=O) groups is 2. The molecule has 154 valence electrons. The van der Waals surface area contributed by atoms with E-state index in [4.69, 9.17) is 9.47 Å². The number of hydrogen-bond donors (Lipinski definition) is 0. The van der Waals surface area contributed by atoms with Crippen LogP contribution in [0.5, 0.6) is 11.5 Å². The average Bonchev–Trinajstić information content (AvgIpc) is 3.13. The maximum Gasteiger partial charge on any atom is 0.231 e. The van der Waals surface area contributed by atoms with Crippen molar-refractivity contribution in [3.05, 3.63) is 23.8 Å². The van der Waals surface area contributed by atoms with Crippen LogP contribution in [0.15, 0.2) is 18.2 Å². The molecule has 0 unspecified atom stereocenters. The Labute approximate surface area is 167 Å². The predicted octanol–water partition coefficient (Wildman–Crippen LogP) is 1.95. The fourth-order valence-electron chi connectivity index (χ4n) is 3.66. The van der Waals surface area contributed by atoms with Gasteiger partial charge in [0.25, 0.3) is 0 Å². The molecule has 0 N–H and O–H groups in total. The summed E-state index contributed by atoms with van der Waals surface area (Å²) in [5, 5.41) is 0. The molecule has 0 atom stereocenters.